The van der Waals surface area contributed by atoms with Crippen LogP contribution in [0.25, 0.3) is 0 Å². The highest BCUT2D eigenvalue weighted by Crippen LogP contribution is 1.99. The molecule has 0 bridgehead atoms. The maximum absolute atomic E-state index is 10.8. The molecule has 0 aromatic heterocycles. The minimum atomic E-state index is -0.139. The van der Waals surface area contributed by atoms with Gasteiger partial charge in [0.1, 0.15) is 0 Å². The van der Waals surface area contributed by atoms with Crippen LogP contribution in [-0.4, -0.2) is 11.7 Å². The third kappa shape index (κ3) is 2.04. The second-order valence-electron chi connectivity index (χ2n) is 2.32. The Labute approximate surface area is 64.8 Å². The number of hydrogen-bond acceptors (Lipinski definition) is 2. The van der Waals surface area contributed by atoms with Gasteiger partial charge in [0.05, 0.1) is 5.70 Å². The van der Waals surface area contributed by atoms with Gasteiger partial charge in [0.25, 0.3) is 0 Å². The first-order valence-electron chi connectivity index (χ1n) is 3.38. The molecule has 1 aliphatic rings. The molecule has 0 aromatic carbocycles. The molecule has 11 heavy (non-hydrogen) atoms. The van der Waals surface area contributed by atoms with Crippen LogP contribution in [-0.2, 0) is 9.59 Å². The molecule has 58 valence electrons. The number of hydrogen-bond donors (Lipinski definition) is 1. The van der Waals surface area contributed by atoms with Crippen LogP contribution < -0.4 is 5.32 Å². The zero-order valence-electron chi connectivity index (χ0n) is 6.26. The van der Waals surface area contributed by atoms with Crippen molar-refractivity contribution in [1.29, 1.82) is 0 Å². The average Bonchev–Trinajstić information content (AvgIpc) is 2.13. The zero-order valence-corrected chi connectivity index (χ0v) is 6.26. The van der Waals surface area contributed by atoms with Crippen LogP contribution in [0.3, 0.4) is 0 Å². The summed E-state index contributed by atoms with van der Waals surface area (Å²) in [5.74, 6) is -0.259. The molecule has 1 heterocycles. The number of ketones is 1. The monoisotopic (exact) mass is 151 g/mol. The van der Waals surface area contributed by atoms with Crippen molar-refractivity contribution in [3.05, 3.63) is 23.9 Å². The van der Waals surface area contributed by atoms with Crippen LogP contribution in [0.5, 0.6) is 0 Å². The Morgan fingerprint density at radius 3 is 3.00 bits per heavy atom. The molecule has 0 saturated carbocycles. The van der Waals surface area contributed by atoms with Gasteiger partial charge >= 0.3 is 0 Å². The third-order valence-electron chi connectivity index (χ3n) is 1.36. The fourth-order valence-electron chi connectivity index (χ4n) is 0.788. The van der Waals surface area contributed by atoms with E-state index in [1.807, 2.05) is 0 Å². The molecule has 3 heteroatoms. The molecule has 0 radical (unpaired) electrons. The summed E-state index contributed by atoms with van der Waals surface area (Å²) in [6, 6.07) is 0. The average molecular weight is 151 g/mol. The van der Waals surface area contributed by atoms with E-state index in [4.69, 9.17) is 0 Å². The fourth-order valence-corrected chi connectivity index (χ4v) is 0.788. The molecule has 0 aliphatic carbocycles. The topological polar surface area (TPSA) is 46.2 Å². The maximum atomic E-state index is 10.8. The summed E-state index contributed by atoms with van der Waals surface area (Å²) in [6.45, 7) is 1.42. The summed E-state index contributed by atoms with van der Waals surface area (Å²) < 4.78 is 0. The summed E-state index contributed by atoms with van der Waals surface area (Å²) in [5, 5.41) is 2.49. The van der Waals surface area contributed by atoms with E-state index >= 15 is 0 Å². The first kappa shape index (κ1) is 7.72. The minimum Gasteiger partial charge on any atom is -0.323 e. The molecule has 1 rings (SSSR count). The highest BCUT2D eigenvalue weighted by atomic mass is 16.2. The Hall–Kier alpha value is -1.38. The highest BCUT2D eigenvalue weighted by Gasteiger charge is 2.08. The van der Waals surface area contributed by atoms with Crippen LogP contribution in [0, 0.1) is 0 Å². The summed E-state index contributed by atoms with van der Waals surface area (Å²) in [7, 11) is 0. The Balaban J connectivity index is 2.80. The molecule has 0 fully saturated rings. The Morgan fingerprint density at radius 1 is 1.64 bits per heavy atom. The molecular formula is C8H9NO2. The number of allylic oxidation sites excluding steroid dienone is 3. The van der Waals surface area contributed by atoms with Crippen LogP contribution in [0.1, 0.15) is 13.3 Å². The molecule has 1 N–H and O–H groups in total. The molecule has 0 spiro atoms. The maximum Gasteiger partial charge on any atom is 0.228 e. The van der Waals surface area contributed by atoms with Crippen molar-refractivity contribution in [3.8, 4) is 0 Å². The molecular weight excluding hydrogens is 142 g/mol. The summed E-state index contributed by atoms with van der Waals surface area (Å²) in [5.41, 5.74) is 0.365. The van der Waals surface area contributed by atoms with Crippen LogP contribution in [0.15, 0.2) is 23.9 Å². The lowest BCUT2D eigenvalue weighted by molar-refractivity contribution is -0.121. The summed E-state index contributed by atoms with van der Waals surface area (Å²) in [4.78, 5) is 21.6. The molecule has 1 amide bonds. The van der Waals surface area contributed by atoms with E-state index in [2.05, 4.69) is 5.32 Å². The van der Waals surface area contributed by atoms with Crippen molar-refractivity contribution in [2.24, 2.45) is 0 Å². The largest absolute Gasteiger partial charge is 0.323 e. The Bertz CT molecular complexity index is 251. The summed E-state index contributed by atoms with van der Waals surface area (Å²) >= 11 is 0. The molecule has 0 unspecified atom stereocenters. The van der Waals surface area contributed by atoms with E-state index < -0.39 is 0 Å². The fraction of sp³-hybridized carbons (Fsp3) is 0.250. The first-order valence-corrected chi connectivity index (χ1v) is 3.38. The van der Waals surface area contributed by atoms with Crippen molar-refractivity contribution < 1.29 is 9.59 Å². The van der Waals surface area contributed by atoms with E-state index in [9.17, 15) is 9.59 Å². The van der Waals surface area contributed by atoms with Crippen molar-refractivity contribution >= 4 is 11.7 Å². The van der Waals surface area contributed by atoms with Gasteiger partial charge in [-0.05, 0) is 6.08 Å². The van der Waals surface area contributed by atoms with Crippen molar-refractivity contribution in [3.63, 3.8) is 0 Å². The quantitative estimate of drug-likeness (QED) is 0.594. The SMILES string of the molecule is CC(=O)C1=CC=CCC(=O)N1. The van der Waals surface area contributed by atoms with Crippen molar-refractivity contribution in [1.82, 2.24) is 5.32 Å². The van der Waals surface area contributed by atoms with Gasteiger partial charge in [-0.15, -0.1) is 0 Å². The molecule has 3 nitrogen and oxygen atoms in total. The van der Waals surface area contributed by atoms with Gasteiger partial charge in [0.15, 0.2) is 5.78 Å². The number of amides is 1. The molecule has 0 saturated heterocycles. The van der Waals surface area contributed by atoms with E-state index in [1.165, 1.54) is 6.92 Å². The molecule has 0 aromatic rings. The van der Waals surface area contributed by atoms with E-state index in [-0.39, 0.29) is 11.7 Å². The number of rotatable bonds is 1. The van der Waals surface area contributed by atoms with E-state index in [0.717, 1.165) is 0 Å². The van der Waals surface area contributed by atoms with E-state index in [0.29, 0.717) is 12.1 Å². The molecule has 1 aliphatic heterocycles. The van der Waals surface area contributed by atoms with Crippen LogP contribution >= 0.6 is 0 Å². The number of Topliss-reactive ketones (excluding diaryl/α,β-unsaturated/α-hetero) is 1. The highest BCUT2D eigenvalue weighted by molar-refractivity contribution is 5.98. The van der Waals surface area contributed by atoms with Gasteiger partial charge in [0, 0.05) is 13.3 Å². The second-order valence-corrected chi connectivity index (χ2v) is 2.32. The van der Waals surface area contributed by atoms with Gasteiger partial charge < -0.3 is 5.32 Å². The minimum absolute atomic E-state index is 0.120. The first-order chi connectivity index (χ1) is 5.20. The normalized spacial score (nSPS) is 16.8. The smallest absolute Gasteiger partial charge is 0.228 e. The number of nitrogens with one attached hydrogen (secondary N) is 1. The standard InChI is InChI=1S/C8H9NO2/c1-6(10)7-4-2-3-5-8(11)9-7/h2-4H,5H2,1H3,(H,9,11). The lowest BCUT2D eigenvalue weighted by atomic mass is 10.3. The summed E-state index contributed by atoms with van der Waals surface area (Å²) in [6.07, 6.45) is 5.36. The van der Waals surface area contributed by atoms with Gasteiger partial charge in [-0.25, -0.2) is 0 Å². The van der Waals surface area contributed by atoms with E-state index in [1.54, 1.807) is 18.2 Å². The zero-order chi connectivity index (χ0) is 8.27. The van der Waals surface area contributed by atoms with Gasteiger partial charge in [0.2, 0.25) is 5.91 Å². The lowest BCUT2D eigenvalue weighted by Crippen LogP contribution is -2.24. The van der Waals surface area contributed by atoms with Crippen LogP contribution in [0.4, 0.5) is 0 Å². The third-order valence-corrected chi connectivity index (χ3v) is 1.36. The number of carbonyl (C=O) groups excluding carboxylic acids is 2. The molecule has 0 atom stereocenters. The van der Waals surface area contributed by atoms with Crippen molar-refractivity contribution in [2.45, 2.75) is 13.3 Å². The van der Waals surface area contributed by atoms with Gasteiger partial charge in [-0.3, -0.25) is 9.59 Å². The lowest BCUT2D eigenvalue weighted by Gasteiger charge is -2.01. The second kappa shape index (κ2) is 3.14. The van der Waals surface area contributed by atoms with Crippen molar-refractivity contribution in [2.75, 3.05) is 0 Å². The predicted molar refractivity (Wildman–Crippen MR) is 40.7 cm³/mol. The van der Waals surface area contributed by atoms with Crippen LogP contribution in [0.2, 0.25) is 0 Å². The Kier molecular flexibility index (Phi) is 2.21. The van der Waals surface area contributed by atoms with Gasteiger partial charge in [-0.2, -0.15) is 0 Å². The number of carbonyl (C=O) groups is 2. The Morgan fingerprint density at radius 2 is 2.36 bits per heavy atom. The predicted octanol–water partition coefficient (Wildman–Crippen LogP) is 0.535. The van der Waals surface area contributed by atoms with Gasteiger partial charge in [-0.1, -0.05) is 12.2 Å².